The minimum absolute atomic E-state index is 0.447. The molecule has 112 valence electrons. The zero-order valence-electron chi connectivity index (χ0n) is 13.1. The summed E-state index contributed by atoms with van der Waals surface area (Å²) in [5, 5.41) is 3.65. The van der Waals surface area contributed by atoms with E-state index in [9.17, 15) is 0 Å². The van der Waals surface area contributed by atoms with Crippen LogP contribution in [0.25, 0.3) is 0 Å². The summed E-state index contributed by atoms with van der Waals surface area (Å²) in [7, 11) is 0. The molecule has 3 rings (SSSR count). The van der Waals surface area contributed by atoms with Crippen LogP contribution in [0.5, 0.6) is 0 Å². The van der Waals surface area contributed by atoms with E-state index in [1.54, 1.807) is 0 Å². The molecular weight excluding hydrogens is 276 g/mol. The van der Waals surface area contributed by atoms with E-state index in [1.807, 2.05) is 11.3 Å². The largest absolute Gasteiger partial charge is 0.308 e. The van der Waals surface area contributed by atoms with Crippen LogP contribution in [-0.4, -0.2) is 24.5 Å². The van der Waals surface area contributed by atoms with Crippen molar-refractivity contribution in [2.75, 3.05) is 19.6 Å². The van der Waals surface area contributed by atoms with E-state index in [1.165, 1.54) is 20.9 Å². The Labute approximate surface area is 131 Å². The number of nitrogens with zero attached hydrogens (tertiary/aromatic N) is 1. The molecule has 1 fully saturated rings. The molecule has 2 aromatic rings. The molecule has 0 radical (unpaired) electrons. The van der Waals surface area contributed by atoms with Gasteiger partial charge in [-0.3, -0.25) is 4.90 Å². The van der Waals surface area contributed by atoms with Crippen LogP contribution in [0.1, 0.15) is 39.9 Å². The second-order valence-electron chi connectivity index (χ2n) is 5.96. The van der Waals surface area contributed by atoms with Gasteiger partial charge in [0, 0.05) is 41.5 Å². The van der Waals surface area contributed by atoms with Gasteiger partial charge in [-0.05, 0) is 38.0 Å². The third-order valence-electron chi connectivity index (χ3n) is 4.49. The predicted molar refractivity (Wildman–Crippen MR) is 91.0 cm³/mol. The van der Waals surface area contributed by atoms with Gasteiger partial charge in [0.05, 0.1) is 0 Å². The first-order valence-corrected chi connectivity index (χ1v) is 8.56. The molecule has 0 bridgehead atoms. The van der Waals surface area contributed by atoms with Crippen molar-refractivity contribution in [3.8, 4) is 0 Å². The molecule has 1 saturated heterocycles. The average Bonchev–Trinajstić information content (AvgIpc) is 2.86. The van der Waals surface area contributed by atoms with Crippen molar-refractivity contribution < 1.29 is 0 Å². The topological polar surface area (TPSA) is 15.3 Å². The molecule has 2 atom stereocenters. The smallest absolute Gasteiger partial charge is 0.0449 e. The van der Waals surface area contributed by atoms with E-state index in [0.717, 1.165) is 19.6 Å². The quantitative estimate of drug-likeness (QED) is 0.919. The predicted octanol–water partition coefficient (Wildman–Crippen LogP) is 4.07. The summed E-state index contributed by atoms with van der Waals surface area (Å²) in [6.07, 6.45) is 0. The van der Waals surface area contributed by atoms with Gasteiger partial charge in [-0.25, -0.2) is 0 Å². The number of benzene rings is 1. The fraction of sp³-hybridized carbons (Fsp3) is 0.444. The summed E-state index contributed by atoms with van der Waals surface area (Å²) in [4.78, 5) is 5.50. The van der Waals surface area contributed by atoms with E-state index in [4.69, 9.17) is 0 Å². The zero-order valence-corrected chi connectivity index (χ0v) is 13.9. The molecule has 1 aliphatic rings. The molecule has 0 spiro atoms. The molecule has 1 aromatic carbocycles. The summed E-state index contributed by atoms with van der Waals surface area (Å²) >= 11 is 1.92. The molecule has 21 heavy (non-hydrogen) atoms. The van der Waals surface area contributed by atoms with Crippen LogP contribution in [0, 0.1) is 13.8 Å². The molecule has 2 heterocycles. The van der Waals surface area contributed by atoms with Gasteiger partial charge < -0.3 is 5.32 Å². The summed E-state index contributed by atoms with van der Waals surface area (Å²) in [5.41, 5.74) is 2.90. The number of hydrogen-bond acceptors (Lipinski definition) is 3. The molecule has 3 heteroatoms. The number of nitrogens with one attached hydrogen (secondary N) is 1. The summed E-state index contributed by atoms with van der Waals surface area (Å²) in [5.74, 6) is 0. The minimum atomic E-state index is 0.447. The van der Waals surface area contributed by atoms with Crippen molar-refractivity contribution in [2.24, 2.45) is 0 Å². The van der Waals surface area contributed by atoms with Gasteiger partial charge >= 0.3 is 0 Å². The van der Waals surface area contributed by atoms with Crippen LogP contribution in [0.2, 0.25) is 0 Å². The number of thiophene rings is 1. The van der Waals surface area contributed by atoms with E-state index in [-0.39, 0.29) is 0 Å². The average molecular weight is 300 g/mol. The Kier molecular flexibility index (Phi) is 4.43. The Morgan fingerprint density at radius 3 is 2.67 bits per heavy atom. The Morgan fingerprint density at radius 1 is 1.24 bits per heavy atom. The standard InChI is InChI=1S/C18H24N2S/c1-13-11-17(15(3)21-13)14(2)20-10-9-19-18(12-20)16-7-5-4-6-8-16/h4-8,11,14,18-19H,9-10,12H2,1-3H3. The first-order valence-electron chi connectivity index (χ1n) is 7.74. The fourth-order valence-electron chi connectivity index (χ4n) is 3.30. The van der Waals surface area contributed by atoms with Gasteiger partial charge in [-0.1, -0.05) is 30.3 Å². The Balaban J connectivity index is 1.75. The Morgan fingerprint density at radius 2 is 2.00 bits per heavy atom. The zero-order chi connectivity index (χ0) is 14.8. The van der Waals surface area contributed by atoms with Gasteiger partial charge in [0.25, 0.3) is 0 Å². The van der Waals surface area contributed by atoms with Gasteiger partial charge in [-0.2, -0.15) is 0 Å². The Hall–Kier alpha value is -1.16. The molecule has 0 amide bonds. The van der Waals surface area contributed by atoms with Crippen molar-refractivity contribution in [1.82, 2.24) is 10.2 Å². The third kappa shape index (κ3) is 3.20. The maximum atomic E-state index is 3.65. The van der Waals surface area contributed by atoms with Gasteiger partial charge in [0.2, 0.25) is 0 Å². The highest BCUT2D eigenvalue weighted by Gasteiger charge is 2.26. The lowest BCUT2D eigenvalue weighted by atomic mass is 10.0. The van der Waals surface area contributed by atoms with Crippen molar-refractivity contribution in [2.45, 2.75) is 32.9 Å². The molecule has 1 aliphatic heterocycles. The van der Waals surface area contributed by atoms with Crippen LogP contribution in [-0.2, 0) is 0 Å². The normalized spacial score (nSPS) is 21.4. The van der Waals surface area contributed by atoms with Crippen LogP contribution in [0.3, 0.4) is 0 Å². The van der Waals surface area contributed by atoms with Crippen molar-refractivity contribution in [1.29, 1.82) is 0 Å². The summed E-state index contributed by atoms with van der Waals surface area (Å²) in [6.45, 7) is 10.1. The first kappa shape index (κ1) is 14.8. The van der Waals surface area contributed by atoms with E-state index in [0.29, 0.717) is 12.1 Å². The van der Waals surface area contributed by atoms with Crippen molar-refractivity contribution >= 4 is 11.3 Å². The monoisotopic (exact) mass is 300 g/mol. The lowest BCUT2D eigenvalue weighted by molar-refractivity contribution is 0.153. The van der Waals surface area contributed by atoms with Crippen molar-refractivity contribution in [3.63, 3.8) is 0 Å². The van der Waals surface area contributed by atoms with E-state index >= 15 is 0 Å². The second kappa shape index (κ2) is 6.30. The molecule has 2 nitrogen and oxygen atoms in total. The van der Waals surface area contributed by atoms with Crippen LogP contribution < -0.4 is 5.32 Å². The molecule has 0 saturated carbocycles. The van der Waals surface area contributed by atoms with Crippen LogP contribution in [0.15, 0.2) is 36.4 Å². The first-order chi connectivity index (χ1) is 10.1. The van der Waals surface area contributed by atoms with Gasteiger partial charge in [0.1, 0.15) is 0 Å². The highest BCUT2D eigenvalue weighted by atomic mass is 32.1. The number of aryl methyl sites for hydroxylation is 2. The maximum absolute atomic E-state index is 3.65. The van der Waals surface area contributed by atoms with E-state index < -0.39 is 0 Å². The van der Waals surface area contributed by atoms with E-state index in [2.05, 4.69) is 67.4 Å². The van der Waals surface area contributed by atoms with Gasteiger partial charge in [0.15, 0.2) is 0 Å². The fourth-order valence-corrected chi connectivity index (χ4v) is 4.31. The highest BCUT2D eigenvalue weighted by molar-refractivity contribution is 7.12. The summed E-state index contributed by atoms with van der Waals surface area (Å²) < 4.78 is 0. The molecule has 0 aliphatic carbocycles. The lowest BCUT2D eigenvalue weighted by Crippen LogP contribution is -2.46. The maximum Gasteiger partial charge on any atom is 0.0449 e. The molecular formula is C18H24N2S. The number of hydrogen-bond donors (Lipinski definition) is 1. The Bertz CT molecular complexity index is 591. The number of piperazine rings is 1. The van der Waals surface area contributed by atoms with Crippen LogP contribution in [0.4, 0.5) is 0 Å². The summed E-state index contributed by atoms with van der Waals surface area (Å²) in [6, 6.07) is 14.1. The van der Waals surface area contributed by atoms with Crippen molar-refractivity contribution in [3.05, 3.63) is 57.3 Å². The SMILES string of the molecule is Cc1cc(C(C)N2CCNC(c3ccccc3)C2)c(C)s1. The highest BCUT2D eigenvalue weighted by Crippen LogP contribution is 2.31. The van der Waals surface area contributed by atoms with Crippen LogP contribution >= 0.6 is 11.3 Å². The molecule has 1 aromatic heterocycles. The minimum Gasteiger partial charge on any atom is -0.308 e. The lowest BCUT2D eigenvalue weighted by Gasteiger charge is -2.38. The molecule has 1 N–H and O–H groups in total. The van der Waals surface area contributed by atoms with Gasteiger partial charge in [-0.15, -0.1) is 11.3 Å². The molecule has 2 unspecified atom stereocenters. The number of rotatable bonds is 3. The second-order valence-corrected chi connectivity index (χ2v) is 7.42. The third-order valence-corrected chi connectivity index (χ3v) is 5.47.